The highest BCUT2D eigenvalue weighted by molar-refractivity contribution is 9.09. The van der Waals surface area contributed by atoms with Crippen molar-refractivity contribution in [3.63, 3.8) is 0 Å². The average molecular weight is 222 g/mol. The number of hydrogen-bond acceptors (Lipinski definition) is 2. The highest BCUT2D eigenvalue weighted by atomic mass is 79.9. The number of halogens is 2. The molecule has 0 aromatic rings. The first kappa shape index (κ1) is 8.72. The third-order valence-electron chi connectivity index (χ3n) is 0.698. The van der Waals surface area contributed by atoms with Crippen LogP contribution in [0.25, 0.3) is 0 Å². The van der Waals surface area contributed by atoms with Gasteiger partial charge in [0.25, 0.3) is 0 Å². The number of hydrogen-bond donors (Lipinski definition) is 0. The van der Waals surface area contributed by atoms with Crippen molar-refractivity contribution in [2.45, 2.75) is 12.2 Å². The molecule has 2 nitrogen and oxygen atoms in total. The van der Waals surface area contributed by atoms with Crippen LogP contribution in [-0.2, 0) is 9.05 Å². The van der Waals surface area contributed by atoms with Crippen molar-refractivity contribution >= 4 is 35.7 Å². The SMILES string of the molecule is CC(CBr)S(=O)(=O)Cl. The Morgan fingerprint density at radius 3 is 2.12 bits per heavy atom. The highest BCUT2D eigenvalue weighted by Crippen LogP contribution is 2.07. The molecule has 0 saturated carbocycles. The minimum absolute atomic E-state index is 0.388. The molecule has 0 aliphatic heterocycles. The molecule has 0 rings (SSSR count). The second-order valence-electron chi connectivity index (χ2n) is 1.44. The summed E-state index contributed by atoms with van der Waals surface area (Å²) in [5, 5.41) is -0.108. The van der Waals surface area contributed by atoms with Crippen LogP contribution in [0.5, 0.6) is 0 Å². The fourth-order valence-corrected chi connectivity index (χ4v) is 1.92. The summed E-state index contributed by atoms with van der Waals surface area (Å²) < 4.78 is 20.6. The molecule has 0 spiro atoms. The van der Waals surface area contributed by atoms with Crippen molar-refractivity contribution in [1.82, 2.24) is 0 Å². The fourth-order valence-electron chi connectivity index (χ4n) is 0.0752. The van der Waals surface area contributed by atoms with E-state index < -0.39 is 14.3 Å². The van der Waals surface area contributed by atoms with E-state index in [1.54, 1.807) is 0 Å². The molecule has 0 heterocycles. The van der Waals surface area contributed by atoms with Gasteiger partial charge in [-0.3, -0.25) is 0 Å². The van der Waals surface area contributed by atoms with E-state index in [2.05, 4.69) is 15.9 Å². The lowest BCUT2D eigenvalue weighted by molar-refractivity contribution is 0.602. The Morgan fingerprint density at radius 1 is 1.75 bits per heavy atom. The van der Waals surface area contributed by atoms with E-state index >= 15 is 0 Å². The number of alkyl halides is 1. The zero-order chi connectivity index (χ0) is 6.78. The predicted octanol–water partition coefficient (Wildman–Crippen LogP) is 1.34. The van der Waals surface area contributed by atoms with Gasteiger partial charge >= 0.3 is 0 Å². The van der Waals surface area contributed by atoms with Crippen LogP contribution in [0.2, 0.25) is 0 Å². The van der Waals surface area contributed by atoms with Crippen LogP contribution >= 0.6 is 26.6 Å². The summed E-state index contributed by atoms with van der Waals surface area (Å²) in [6.45, 7) is 1.54. The van der Waals surface area contributed by atoms with E-state index in [0.717, 1.165) is 0 Å². The zero-order valence-corrected chi connectivity index (χ0v) is 7.42. The number of rotatable bonds is 2. The standard InChI is InChI=1S/C3H6BrClO2S/c1-3(2-4)8(5,6)7/h3H,2H2,1H3. The molecule has 0 bridgehead atoms. The third-order valence-corrected chi connectivity index (χ3v) is 4.14. The maximum atomic E-state index is 10.3. The minimum Gasteiger partial charge on any atom is -0.212 e. The summed E-state index contributed by atoms with van der Waals surface area (Å²) in [5.74, 6) is 0. The normalized spacial score (nSPS) is 15.9. The molecule has 0 amide bonds. The van der Waals surface area contributed by atoms with Crippen LogP contribution in [0.15, 0.2) is 0 Å². The average Bonchev–Trinajstić information content (AvgIpc) is 1.62. The highest BCUT2D eigenvalue weighted by Gasteiger charge is 2.14. The van der Waals surface area contributed by atoms with Gasteiger partial charge in [-0.25, -0.2) is 8.42 Å². The zero-order valence-electron chi connectivity index (χ0n) is 4.27. The molecule has 0 radical (unpaired) electrons. The van der Waals surface area contributed by atoms with Gasteiger partial charge in [0.05, 0.1) is 5.25 Å². The van der Waals surface area contributed by atoms with Gasteiger partial charge in [-0.05, 0) is 6.92 Å². The minimum atomic E-state index is -3.33. The molecule has 0 N–H and O–H groups in total. The summed E-state index contributed by atoms with van der Waals surface area (Å²) >= 11 is 2.99. The van der Waals surface area contributed by atoms with Crippen LogP contribution in [0.1, 0.15) is 6.92 Å². The quantitative estimate of drug-likeness (QED) is 0.521. The van der Waals surface area contributed by atoms with Crippen LogP contribution in [0.4, 0.5) is 0 Å². The maximum absolute atomic E-state index is 10.3. The van der Waals surface area contributed by atoms with Gasteiger partial charge in [0.2, 0.25) is 9.05 Å². The Balaban J connectivity index is 4.04. The van der Waals surface area contributed by atoms with Crippen LogP contribution in [-0.4, -0.2) is 19.0 Å². The summed E-state index contributed by atoms with van der Waals surface area (Å²) in [5.41, 5.74) is 0. The van der Waals surface area contributed by atoms with E-state index in [0.29, 0.717) is 5.33 Å². The van der Waals surface area contributed by atoms with Crippen molar-refractivity contribution in [3.05, 3.63) is 0 Å². The van der Waals surface area contributed by atoms with Gasteiger partial charge in [0.1, 0.15) is 0 Å². The van der Waals surface area contributed by atoms with Crippen molar-refractivity contribution in [2.75, 3.05) is 5.33 Å². The molecule has 0 aromatic carbocycles. The Bertz CT molecular complexity index is 153. The first-order chi connectivity index (χ1) is 3.48. The Hall–Kier alpha value is 0.720. The molecule has 1 unspecified atom stereocenters. The Morgan fingerprint density at radius 2 is 2.12 bits per heavy atom. The first-order valence-corrected chi connectivity index (χ1v) is 5.47. The Labute approximate surface area is 61.8 Å². The van der Waals surface area contributed by atoms with Gasteiger partial charge in [-0.1, -0.05) is 15.9 Å². The summed E-state index contributed by atoms with van der Waals surface area (Å²) in [7, 11) is 1.60. The van der Waals surface area contributed by atoms with Crippen molar-refractivity contribution in [1.29, 1.82) is 0 Å². The molecule has 8 heavy (non-hydrogen) atoms. The topological polar surface area (TPSA) is 34.1 Å². The molecule has 0 aliphatic carbocycles. The first-order valence-electron chi connectivity index (χ1n) is 1.98. The molecule has 50 valence electrons. The molecule has 0 saturated heterocycles. The van der Waals surface area contributed by atoms with Gasteiger partial charge in [-0.2, -0.15) is 0 Å². The van der Waals surface area contributed by atoms with Gasteiger partial charge < -0.3 is 0 Å². The third kappa shape index (κ3) is 2.89. The van der Waals surface area contributed by atoms with Gasteiger partial charge in [-0.15, -0.1) is 0 Å². The summed E-state index contributed by atoms with van der Waals surface area (Å²) in [6.07, 6.45) is 0. The van der Waals surface area contributed by atoms with Crippen molar-refractivity contribution in [2.24, 2.45) is 0 Å². The molecule has 0 aromatic heterocycles. The van der Waals surface area contributed by atoms with Crippen LogP contribution in [0, 0.1) is 0 Å². The van der Waals surface area contributed by atoms with Crippen LogP contribution in [0.3, 0.4) is 0 Å². The molecular weight excluding hydrogens is 215 g/mol. The second kappa shape index (κ2) is 3.03. The van der Waals surface area contributed by atoms with Gasteiger partial charge in [0.15, 0.2) is 0 Å². The lowest BCUT2D eigenvalue weighted by atomic mass is 10.6. The van der Waals surface area contributed by atoms with E-state index in [1.807, 2.05) is 0 Å². The van der Waals surface area contributed by atoms with Crippen molar-refractivity contribution < 1.29 is 8.42 Å². The van der Waals surface area contributed by atoms with E-state index in [1.165, 1.54) is 6.92 Å². The van der Waals surface area contributed by atoms with E-state index in [-0.39, 0.29) is 0 Å². The van der Waals surface area contributed by atoms with E-state index in [4.69, 9.17) is 10.7 Å². The molecular formula is C3H6BrClO2S. The summed E-state index contributed by atoms with van der Waals surface area (Å²) in [4.78, 5) is 0. The molecule has 0 aliphatic rings. The lowest BCUT2D eigenvalue weighted by Gasteiger charge is -1.98. The van der Waals surface area contributed by atoms with E-state index in [9.17, 15) is 8.42 Å². The molecule has 1 atom stereocenters. The van der Waals surface area contributed by atoms with Crippen LogP contribution < -0.4 is 0 Å². The predicted molar refractivity (Wildman–Crippen MR) is 38.0 cm³/mol. The second-order valence-corrected chi connectivity index (χ2v) is 5.13. The molecule has 0 fully saturated rings. The smallest absolute Gasteiger partial charge is 0.212 e. The van der Waals surface area contributed by atoms with Gasteiger partial charge in [0, 0.05) is 16.0 Å². The molecule has 5 heteroatoms. The Kier molecular flexibility index (Phi) is 3.31. The monoisotopic (exact) mass is 220 g/mol. The lowest BCUT2D eigenvalue weighted by Crippen LogP contribution is -2.12. The maximum Gasteiger partial charge on any atom is 0.236 e. The van der Waals surface area contributed by atoms with Crippen molar-refractivity contribution in [3.8, 4) is 0 Å². The summed E-state index contributed by atoms with van der Waals surface area (Å²) in [6, 6.07) is 0. The fraction of sp³-hybridized carbons (Fsp3) is 1.00. The largest absolute Gasteiger partial charge is 0.236 e.